The van der Waals surface area contributed by atoms with Crippen LogP contribution in [0.3, 0.4) is 0 Å². The van der Waals surface area contributed by atoms with Crippen LogP contribution < -0.4 is 5.32 Å². The summed E-state index contributed by atoms with van der Waals surface area (Å²) < 4.78 is 29.6. The first kappa shape index (κ1) is 20.6. The highest BCUT2D eigenvalue weighted by atomic mass is 32.2. The van der Waals surface area contributed by atoms with Gasteiger partial charge in [0.2, 0.25) is 15.9 Å². The summed E-state index contributed by atoms with van der Waals surface area (Å²) in [5, 5.41) is 3.91. The van der Waals surface area contributed by atoms with Gasteiger partial charge in [0.05, 0.1) is 4.90 Å². The van der Waals surface area contributed by atoms with Crippen LogP contribution in [0.1, 0.15) is 24.0 Å². The Balaban J connectivity index is 1.38. The van der Waals surface area contributed by atoms with Crippen molar-refractivity contribution < 1.29 is 13.2 Å². The molecule has 0 atom stereocenters. The third-order valence-corrected chi connectivity index (χ3v) is 7.93. The lowest BCUT2D eigenvalue weighted by atomic mass is 9.97. The van der Waals surface area contributed by atoms with Gasteiger partial charge in [-0.25, -0.2) is 8.42 Å². The number of nitrogens with one attached hydrogen (secondary N) is 1. The number of rotatable bonds is 5. The highest BCUT2D eigenvalue weighted by Crippen LogP contribution is 2.26. The van der Waals surface area contributed by atoms with E-state index in [2.05, 4.69) is 5.32 Å². The van der Waals surface area contributed by atoms with E-state index in [0.29, 0.717) is 37.4 Å². The fraction of sp³-hybridized carbons (Fsp3) is 0.348. The van der Waals surface area contributed by atoms with Gasteiger partial charge in [0, 0.05) is 49.7 Å². The molecule has 0 saturated carbocycles. The number of amides is 1. The van der Waals surface area contributed by atoms with Gasteiger partial charge in [-0.1, -0.05) is 24.3 Å². The maximum atomic E-state index is 13.1. The monoisotopic (exact) mass is 425 g/mol. The van der Waals surface area contributed by atoms with Gasteiger partial charge in [-0.3, -0.25) is 4.79 Å². The summed E-state index contributed by atoms with van der Waals surface area (Å²) >= 11 is 0. The number of benzene rings is 2. The summed E-state index contributed by atoms with van der Waals surface area (Å²) in [6.45, 7) is 3.24. The summed E-state index contributed by atoms with van der Waals surface area (Å²) in [5.74, 6) is -0.155. The van der Waals surface area contributed by atoms with Crippen LogP contribution in [0.4, 0.5) is 0 Å². The molecule has 0 radical (unpaired) electrons. The van der Waals surface area contributed by atoms with Crippen molar-refractivity contribution in [1.29, 1.82) is 0 Å². The molecule has 0 spiro atoms. The second-order valence-electron chi connectivity index (χ2n) is 7.97. The van der Waals surface area contributed by atoms with Gasteiger partial charge < -0.3 is 9.88 Å². The van der Waals surface area contributed by atoms with Crippen molar-refractivity contribution >= 4 is 26.8 Å². The normalized spacial score (nSPS) is 16.1. The van der Waals surface area contributed by atoms with Crippen molar-refractivity contribution in [2.75, 3.05) is 13.1 Å². The lowest BCUT2D eigenvalue weighted by Crippen LogP contribution is -2.42. The molecule has 1 aromatic heterocycles. The van der Waals surface area contributed by atoms with E-state index < -0.39 is 10.0 Å². The molecule has 1 aliphatic heterocycles. The second-order valence-corrected chi connectivity index (χ2v) is 9.91. The predicted octanol–water partition coefficient (Wildman–Crippen LogP) is 3.20. The van der Waals surface area contributed by atoms with Gasteiger partial charge in [-0.05, 0) is 55.2 Å². The van der Waals surface area contributed by atoms with Gasteiger partial charge in [0.1, 0.15) is 0 Å². The zero-order chi connectivity index (χ0) is 21.3. The number of fused-ring (bicyclic) bond motifs is 1. The topological polar surface area (TPSA) is 71.4 Å². The molecule has 7 heteroatoms. The zero-order valence-electron chi connectivity index (χ0n) is 17.3. The number of aromatic nitrogens is 1. The van der Waals surface area contributed by atoms with Crippen LogP contribution in [0.2, 0.25) is 0 Å². The summed E-state index contributed by atoms with van der Waals surface area (Å²) in [4.78, 5) is 12.9. The van der Waals surface area contributed by atoms with Crippen LogP contribution in [0, 0.1) is 12.8 Å². The van der Waals surface area contributed by atoms with E-state index in [9.17, 15) is 13.2 Å². The van der Waals surface area contributed by atoms with Crippen LogP contribution in [0.25, 0.3) is 10.9 Å². The number of carbonyl (C=O) groups excluding carboxylic acids is 1. The summed E-state index contributed by atoms with van der Waals surface area (Å²) in [7, 11) is -1.63. The number of carbonyl (C=O) groups is 1. The van der Waals surface area contributed by atoms with Crippen LogP contribution in [0.5, 0.6) is 0 Å². The van der Waals surface area contributed by atoms with E-state index in [1.165, 1.54) is 4.31 Å². The van der Waals surface area contributed by atoms with E-state index in [1.807, 2.05) is 61.1 Å². The minimum Gasteiger partial charge on any atom is -0.352 e. The highest BCUT2D eigenvalue weighted by molar-refractivity contribution is 7.89. The Morgan fingerprint density at radius 3 is 2.57 bits per heavy atom. The Hall–Kier alpha value is -2.64. The Morgan fingerprint density at radius 2 is 1.83 bits per heavy atom. The molecule has 6 nitrogen and oxygen atoms in total. The van der Waals surface area contributed by atoms with Crippen molar-refractivity contribution in [3.63, 3.8) is 0 Å². The lowest BCUT2D eigenvalue weighted by Gasteiger charge is -2.30. The van der Waals surface area contributed by atoms with Gasteiger partial charge >= 0.3 is 0 Å². The van der Waals surface area contributed by atoms with E-state index in [-0.39, 0.29) is 11.8 Å². The molecule has 30 heavy (non-hydrogen) atoms. The van der Waals surface area contributed by atoms with Crippen molar-refractivity contribution in [2.45, 2.75) is 31.2 Å². The largest absolute Gasteiger partial charge is 0.352 e. The molecule has 3 aromatic rings. The maximum absolute atomic E-state index is 13.1. The van der Waals surface area contributed by atoms with Crippen LogP contribution >= 0.6 is 0 Å². The van der Waals surface area contributed by atoms with Gasteiger partial charge in [0.25, 0.3) is 0 Å². The Morgan fingerprint density at radius 1 is 1.10 bits per heavy atom. The fourth-order valence-corrected chi connectivity index (χ4v) is 5.57. The smallest absolute Gasteiger partial charge is 0.243 e. The molecule has 0 bridgehead atoms. The van der Waals surface area contributed by atoms with Gasteiger partial charge in [-0.15, -0.1) is 0 Å². The van der Waals surface area contributed by atoms with E-state index >= 15 is 0 Å². The average Bonchev–Trinajstić information content (AvgIpc) is 3.13. The number of nitrogens with zero attached hydrogens (tertiary/aromatic N) is 2. The second kappa shape index (κ2) is 8.24. The molecule has 0 unspecified atom stereocenters. The molecule has 1 amide bonds. The molecule has 158 valence electrons. The maximum Gasteiger partial charge on any atom is 0.243 e. The molecule has 1 fully saturated rings. The third-order valence-electron chi connectivity index (χ3n) is 6.03. The van der Waals surface area contributed by atoms with Crippen molar-refractivity contribution in [3.8, 4) is 0 Å². The van der Waals surface area contributed by atoms with E-state index in [4.69, 9.17) is 0 Å². The van der Waals surface area contributed by atoms with E-state index in [1.54, 1.807) is 12.1 Å². The molecular weight excluding hydrogens is 398 g/mol. The fourth-order valence-electron chi connectivity index (χ4n) is 4.06. The quantitative estimate of drug-likeness (QED) is 0.682. The number of piperidine rings is 1. The van der Waals surface area contributed by atoms with Crippen molar-refractivity contribution in [3.05, 3.63) is 65.9 Å². The summed E-state index contributed by atoms with van der Waals surface area (Å²) in [5.41, 5.74) is 3.24. The number of aryl methyl sites for hydroxylation is 2. The summed E-state index contributed by atoms with van der Waals surface area (Å²) in [6.07, 6.45) is 2.99. The van der Waals surface area contributed by atoms with Crippen LogP contribution in [-0.2, 0) is 28.4 Å². The minimum atomic E-state index is -3.56. The molecule has 4 rings (SSSR count). The van der Waals surface area contributed by atoms with E-state index in [0.717, 1.165) is 22.0 Å². The summed E-state index contributed by atoms with van der Waals surface area (Å²) in [6, 6.07) is 15.1. The van der Waals surface area contributed by atoms with Crippen LogP contribution in [0.15, 0.2) is 59.6 Å². The minimum absolute atomic E-state index is 0.000932. The average molecular weight is 426 g/mol. The molecule has 0 aliphatic carbocycles. The Labute approximate surface area is 177 Å². The predicted molar refractivity (Wildman–Crippen MR) is 117 cm³/mol. The Bertz CT molecular complexity index is 1180. The first-order valence-electron chi connectivity index (χ1n) is 10.2. The van der Waals surface area contributed by atoms with Crippen molar-refractivity contribution in [2.24, 2.45) is 13.0 Å². The van der Waals surface area contributed by atoms with Gasteiger partial charge in [-0.2, -0.15) is 4.31 Å². The molecule has 1 aliphatic rings. The number of hydrogen-bond donors (Lipinski definition) is 1. The molecule has 1 N–H and O–H groups in total. The molecule has 1 saturated heterocycles. The standard InChI is InChI=1S/C23H27N3O3S/c1-17-5-3-4-6-20(17)16-24-23(27)18-10-13-26(14-11-18)30(28,29)21-7-8-22-19(15-21)9-12-25(22)2/h3-9,12,15,18H,10-11,13-14,16H2,1-2H3,(H,24,27). The third kappa shape index (κ3) is 4.00. The van der Waals surface area contributed by atoms with Crippen LogP contribution in [-0.4, -0.2) is 36.3 Å². The SMILES string of the molecule is Cc1ccccc1CNC(=O)C1CCN(S(=O)(=O)c2ccc3c(ccn3C)c2)CC1. The van der Waals surface area contributed by atoms with Crippen molar-refractivity contribution in [1.82, 2.24) is 14.2 Å². The highest BCUT2D eigenvalue weighted by Gasteiger charge is 2.32. The molecular formula is C23H27N3O3S. The molecule has 2 aromatic carbocycles. The van der Waals surface area contributed by atoms with Gasteiger partial charge in [0.15, 0.2) is 0 Å². The Kier molecular flexibility index (Phi) is 5.66. The number of sulfonamides is 1. The number of hydrogen-bond acceptors (Lipinski definition) is 3. The zero-order valence-corrected chi connectivity index (χ0v) is 18.2. The molecule has 2 heterocycles. The first-order valence-corrected chi connectivity index (χ1v) is 11.7. The lowest BCUT2D eigenvalue weighted by molar-refractivity contribution is -0.126. The first-order chi connectivity index (χ1) is 14.4.